The van der Waals surface area contributed by atoms with Crippen LogP contribution in [0.1, 0.15) is 29.7 Å². The topological polar surface area (TPSA) is 112 Å². The summed E-state index contributed by atoms with van der Waals surface area (Å²) >= 11 is 0. The van der Waals surface area contributed by atoms with E-state index in [9.17, 15) is 19.1 Å². The SMILES string of the molecule is CC1(O)Cc2[nH][nH]c(=O)c2C(c2ccc(F)cc2)C1C(N)=O. The van der Waals surface area contributed by atoms with E-state index < -0.39 is 29.2 Å². The first-order chi connectivity index (χ1) is 10.3. The third-order valence-electron chi connectivity index (χ3n) is 4.28. The van der Waals surface area contributed by atoms with E-state index in [1.165, 1.54) is 31.2 Å². The highest BCUT2D eigenvalue weighted by molar-refractivity contribution is 5.80. The molecule has 5 N–H and O–H groups in total. The number of aromatic nitrogens is 2. The van der Waals surface area contributed by atoms with Gasteiger partial charge in [-0.3, -0.25) is 14.7 Å². The van der Waals surface area contributed by atoms with E-state index in [1.54, 1.807) is 0 Å². The molecule has 3 unspecified atom stereocenters. The zero-order chi connectivity index (χ0) is 16.1. The number of halogens is 1. The molecule has 1 heterocycles. The number of amides is 1. The van der Waals surface area contributed by atoms with Crippen LogP contribution in [0.3, 0.4) is 0 Å². The summed E-state index contributed by atoms with van der Waals surface area (Å²) in [6, 6.07) is 5.48. The molecule has 1 aromatic carbocycles. The van der Waals surface area contributed by atoms with Crippen LogP contribution in [0.25, 0.3) is 0 Å². The molecule has 3 rings (SSSR count). The standard InChI is InChI=1S/C15H16FN3O3/c1-15(22)6-9-11(14(21)19-18-9)10(12(15)13(17)20)7-2-4-8(16)5-3-7/h2-5,10,12,22H,6H2,1H3,(H2,17,20)(H2,18,19,21). The number of fused-ring (bicyclic) bond motifs is 1. The highest BCUT2D eigenvalue weighted by Crippen LogP contribution is 2.43. The fraction of sp³-hybridized carbons (Fsp3) is 0.333. The number of aromatic amines is 2. The van der Waals surface area contributed by atoms with Crippen molar-refractivity contribution in [3.05, 3.63) is 57.3 Å². The van der Waals surface area contributed by atoms with Gasteiger partial charge in [0, 0.05) is 23.6 Å². The van der Waals surface area contributed by atoms with E-state index >= 15 is 0 Å². The summed E-state index contributed by atoms with van der Waals surface area (Å²) in [5, 5.41) is 15.8. The van der Waals surface area contributed by atoms with Crippen LogP contribution in [-0.4, -0.2) is 26.8 Å². The number of hydrogen-bond donors (Lipinski definition) is 4. The highest BCUT2D eigenvalue weighted by Gasteiger charge is 2.49. The highest BCUT2D eigenvalue weighted by atomic mass is 19.1. The zero-order valence-corrected chi connectivity index (χ0v) is 11.9. The molecule has 0 saturated carbocycles. The fourth-order valence-corrected chi connectivity index (χ4v) is 3.37. The van der Waals surface area contributed by atoms with Crippen LogP contribution < -0.4 is 11.3 Å². The third kappa shape index (κ3) is 2.14. The molecule has 2 aromatic rings. The van der Waals surface area contributed by atoms with E-state index in [0.29, 0.717) is 16.8 Å². The molecule has 1 aliphatic carbocycles. The van der Waals surface area contributed by atoms with Gasteiger partial charge >= 0.3 is 0 Å². The average molecular weight is 305 g/mol. The fourth-order valence-electron chi connectivity index (χ4n) is 3.37. The number of nitrogens with two attached hydrogens (primary N) is 1. The first-order valence-corrected chi connectivity index (χ1v) is 6.88. The second-order valence-electron chi connectivity index (χ2n) is 5.91. The maximum absolute atomic E-state index is 13.2. The van der Waals surface area contributed by atoms with Crippen molar-refractivity contribution >= 4 is 5.91 Å². The predicted octanol–water partition coefficient (Wildman–Crippen LogP) is 0.383. The minimum Gasteiger partial charge on any atom is -0.389 e. The Labute approximate surface area is 125 Å². The molecule has 7 heteroatoms. The van der Waals surface area contributed by atoms with Crippen molar-refractivity contribution in [2.45, 2.75) is 24.9 Å². The molecule has 22 heavy (non-hydrogen) atoms. The maximum Gasteiger partial charge on any atom is 0.267 e. The number of carbonyl (C=O) groups is 1. The predicted molar refractivity (Wildman–Crippen MR) is 76.7 cm³/mol. The van der Waals surface area contributed by atoms with Crippen molar-refractivity contribution in [3.8, 4) is 0 Å². The minimum absolute atomic E-state index is 0.104. The van der Waals surface area contributed by atoms with Crippen molar-refractivity contribution in [2.75, 3.05) is 0 Å². The van der Waals surface area contributed by atoms with Gasteiger partial charge in [-0.1, -0.05) is 12.1 Å². The number of H-pyrrole nitrogens is 2. The number of rotatable bonds is 2. The molecule has 0 spiro atoms. The van der Waals surface area contributed by atoms with Crippen LogP contribution in [-0.2, 0) is 11.2 Å². The number of benzene rings is 1. The lowest BCUT2D eigenvalue weighted by Gasteiger charge is -2.40. The summed E-state index contributed by atoms with van der Waals surface area (Å²) in [6.45, 7) is 1.51. The molecular weight excluding hydrogens is 289 g/mol. The number of carbonyl (C=O) groups excluding carboxylic acids is 1. The normalized spacial score (nSPS) is 27.4. The van der Waals surface area contributed by atoms with Gasteiger partial charge in [0.15, 0.2) is 0 Å². The average Bonchev–Trinajstić information content (AvgIpc) is 2.77. The second-order valence-corrected chi connectivity index (χ2v) is 5.91. The third-order valence-corrected chi connectivity index (χ3v) is 4.28. The molecular formula is C15H16FN3O3. The molecule has 0 aliphatic heterocycles. The van der Waals surface area contributed by atoms with E-state index in [-0.39, 0.29) is 12.0 Å². The summed E-state index contributed by atoms with van der Waals surface area (Å²) in [5.74, 6) is -2.84. The Hall–Kier alpha value is -2.41. The molecule has 1 aromatic heterocycles. The van der Waals surface area contributed by atoms with Gasteiger partial charge in [0.05, 0.1) is 11.5 Å². The van der Waals surface area contributed by atoms with Crippen LogP contribution in [0.5, 0.6) is 0 Å². The Morgan fingerprint density at radius 2 is 2.00 bits per heavy atom. The van der Waals surface area contributed by atoms with Crippen LogP contribution in [0.15, 0.2) is 29.1 Å². The minimum atomic E-state index is -1.41. The lowest BCUT2D eigenvalue weighted by molar-refractivity contribution is -0.132. The van der Waals surface area contributed by atoms with Gasteiger partial charge in [0.25, 0.3) is 5.56 Å². The monoisotopic (exact) mass is 305 g/mol. The molecule has 116 valence electrons. The largest absolute Gasteiger partial charge is 0.389 e. The molecule has 3 atom stereocenters. The number of primary amides is 1. The van der Waals surface area contributed by atoms with E-state index in [0.717, 1.165) is 0 Å². The molecule has 0 radical (unpaired) electrons. The van der Waals surface area contributed by atoms with Gasteiger partial charge in [-0.05, 0) is 24.6 Å². The first-order valence-electron chi connectivity index (χ1n) is 6.88. The van der Waals surface area contributed by atoms with Crippen molar-refractivity contribution in [1.82, 2.24) is 10.2 Å². The van der Waals surface area contributed by atoms with Crippen molar-refractivity contribution < 1.29 is 14.3 Å². The quantitative estimate of drug-likeness (QED) is 0.643. The first kappa shape index (κ1) is 14.5. The molecule has 1 amide bonds. The second kappa shape index (κ2) is 4.81. The number of aliphatic hydroxyl groups is 1. The summed E-state index contributed by atoms with van der Waals surface area (Å²) in [7, 11) is 0. The Morgan fingerprint density at radius 1 is 1.36 bits per heavy atom. The van der Waals surface area contributed by atoms with Gasteiger partial charge in [0.2, 0.25) is 5.91 Å². The van der Waals surface area contributed by atoms with Gasteiger partial charge < -0.3 is 15.9 Å². The molecule has 0 saturated heterocycles. The van der Waals surface area contributed by atoms with Crippen LogP contribution in [0.4, 0.5) is 4.39 Å². The lowest BCUT2D eigenvalue weighted by Crippen LogP contribution is -2.51. The van der Waals surface area contributed by atoms with E-state index in [2.05, 4.69) is 10.2 Å². The number of hydrogen-bond acceptors (Lipinski definition) is 3. The Morgan fingerprint density at radius 3 is 2.59 bits per heavy atom. The van der Waals surface area contributed by atoms with Crippen LogP contribution in [0, 0.1) is 11.7 Å². The Kier molecular flexibility index (Phi) is 3.17. The number of nitrogens with one attached hydrogen (secondary N) is 2. The van der Waals surface area contributed by atoms with E-state index in [4.69, 9.17) is 5.73 Å². The maximum atomic E-state index is 13.2. The van der Waals surface area contributed by atoms with Gasteiger partial charge in [0.1, 0.15) is 5.82 Å². The summed E-state index contributed by atoms with van der Waals surface area (Å²) in [5.41, 5.74) is 5.14. The smallest absolute Gasteiger partial charge is 0.267 e. The van der Waals surface area contributed by atoms with Gasteiger partial charge in [-0.25, -0.2) is 4.39 Å². The molecule has 0 bridgehead atoms. The zero-order valence-electron chi connectivity index (χ0n) is 11.9. The van der Waals surface area contributed by atoms with E-state index in [1.807, 2.05) is 0 Å². The Bertz CT molecular complexity index is 776. The lowest BCUT2D eigenvalue weighted by atomic mass is 9.66. The van der Waals surface area contributed by atoms with Crippen molar-refractivity contribution in [2.24, 2.45) is 11.7 Å². The van der Waals surface area contributed by atoms with Gasteiger partial charge in [-0.15, -0.1) is 0 Å². The molecule has 0 fully saturated rings. The van der Waals surface area contributed by atoms with Gasteiger partial charge in [-0.2, -0.15) is 0 Å². The summed E-state index contributed by atoms with van der Waals surface area (Å²) in [6.07, 6.45) is 0.104. The molecule has 1 aliphatic rings. The summed E-state index contributed by atoms with van der Waals surface area (Å²) < 4.78 is 13.2. The van der Waals surface area contributed by atoms with Crippen molar-refractivity contribution in [3.63, 3.8) is 0 Å². The Balaban J connectivity index is 2.25. The summed E-state index contributed by atoms with van der Waals surface area (Å²) in [4.78, 5) is 24.0. The molecule has 6 nitrogen and oxygen atoms in total. The van der Waals surface area contributed by atoms with Crippen LogP contribution >= 0.6 is 0 Å². The van der Waals surface area contributed by atoms with Crippen molar-refractivity contribution in [1.29, 1.82) is 0 Å². The van der Waals surface area contributed by atoms with Crippen LogP contribution in [0.2, 0.25) is 0 Å².